The molecule has 1 saturated heterocycles. The number of hydrogen-bond donors (Lipinski definition) is 0. The van der Waals surface area contributed by atoms with Gasteiger partial charge in [0.15, 0.2) is 0 Å². The lowest BCUT2D eigenvalue weighted by atomic mass is 9.95. The van der Waals surface area contributed by atoms with Crippen LogP contribution in [0, 0.1) is 0 Å². The maximum Gasteiger partial charge on any atom is 0.302 e. The minimum absolute atomic E-state index is 0.186. The van der Waals surface area contributed by atoms with E-state index in [1.165, 1.54) is 31.7 Å². The average molecular weight is 275 g/mol. The van der Waals surface area contributed by atoms with Gasteiger partial charge in [0, 0.05) is 13.0 Å². The molecule has 2 atom stereocenters. The maximum atomic E-state index is 11.2. The lowest BCUT2D eigenvalue weighted by molar-refractivity contribution is -0.143. The lowest BCUT2D eigenvalue weighted by Gasteiger charge is -2.41. The second kappa shape index (κ2) is 7.44. The number of likely N-dealkylation sites (tertiary alicyclic amines) is 1. The van der Waals surface area contributed by atoms with E-state index in [-0.39, 0.29) is 12.0 Å². The molecule has 1 aliphatic heterocycles. The molecular weight excluding hydrogens is 250 g/mol. The van der Waals surface area contributed by atoms with E-state index < -0.39 is 0 Å². The van der Waals surface area contributed by atoms with E-state index >= 15 is 0 Å². The molecule has 0 spiro atoms. The van der Waals surface area contributed by atoms with Gasteiger partial charge in [0.25, 0.3) is 0 Å². The van der Waals surface area contributed by atoms with Gasteiger partial charge in [-0.25, -0.2) is 0 Å². The summed E-state index contributed by atoms with van der Waals surface area (Å²) in [6.07, 6.45) is 4.95. The molecule has 0 saturated carbocycles. The van der Waals surface area contributed by atoms with Crippen LogP contribution in [0.5, 0.6) is 0 Å². The van der Waals surface area contributed by atoms with Crippen molar-refractivity contribution in [1.82, 2.24) is 4.90 Å². The molecule has 1 aromatic rings. The quantitative estimate of drug-likeness (QED) is 0.770. The molecule has 1 fully saturated rings. The van der Waals surface area contributed by atoms with E-state index in [2.05, 4.69) is 36.1 Å². The lowest BCUT2D eigenvalue weighted by Crippen LogP contribution is -2.43. The largest absolute Gasteiger partial charge is 0.464 e. The van der Waals surface area contributed by atoms with Gasteiger partial charge >= 0.3 is 5.97 Å². The molecule has 0 N–H and O–H groups in total. The minimum Gasteiger partial charge on any atom is -0.464 e. The molecule has 0 aliphatic carbocycles. The van der Waals surface area contributed by atoms with Gasteiger partial charge in [-0.2, -0.15) is 0 Å². The first-order valence-corrected chi connectivity index (χ1v) is 7.66. The number of nitrogens with zero attached hydrogens (tertiary/aromatic N) is 1. The third-order valence-corrected chi connectivity index (χ3v) is 4.17. The fraction of sp³-hybridized carbons (Fsp3) is 0.588. The standard InChI is InChI=1S/C17H25NO2/c1-3-16-11-7-8-12-18(16)17(13-20-14(2)19)15-9-5-4-6-10-15/h4-6,9-10,16-17H,3,7-8,11-13H2,1-2H3/t16-,17+/m0/s1. The Morgan fingerprint density at radius 3 is 2.75 bits per heavy atom. The molecule has 0 aromatic heterocycles. The van der Waals surface area contributed by atoms with E-state index in [4.69, 9.17) is 4.74 Å². The molecule has 3 heteroatoms. The summed E-state index contributed by atoms with van der Waals surface area (Å²) in [6, 6.07) is 11.2. The Bertz CT molecular complexity index is 418. The highest BCUT2D eigenvalue weighted by Crippen LogP contribution is 2.30. The fourth-order valence-corrected chi connectivity index (χ4v) is 3.13. The van der Waals surface area contributed by atoms with E-state index in [0.29, 0.717) is 12.6 Å². The second-order valence-corrected chi connectivity index (χ2v) is 5.52. The summed E-state index contributed by atoms with van der Waals surface area (Å²) in [6.45, 7) is 5.28. The van der Waals surface area contributed by atoms with Crippen LogP contribution in [0.4, 0.5) is 0 Å². The molecule has 0 radical (unpaired) electrons. The summed E-state index contributed by atoms with van der Waals surface area (Å²) >= 11 is 0. The van der Waals surface area contributed by atoms with Crippen LogP contribution >= 0.6 is 0 Å². The molecule has 1 aliphatic rings. The van der Waals surface area contributed by atoms with Gasteiger partial charge in [-0.15, -0.1) is 0 Å². The highest BCUT2D eigenvalue weighted by atomic mass is 16.5. The van der Waals surface area contributed by atoms with Crippen LogP contribution in [0.1, 0.15) is 51.1 Å². The molecule has 2 rings (SSSR count). The highest BCUT2D eigenvalue weighted by molar-refractivity contribution is 5.65. The zero-order chi connectivity index (χ0) is 14.4. The Morgan fingerprint density at radius 1 is 1.35 bits per heavy atom. The highest BCUT2D eigenvalue weighted by Gasteiger charge is 2.29. The van der Waals surface area contributed by atoms with Crippen molar-refractivity contribution in [3.63, 3.8) is 0 Å². The molecule has 20 heavy (non-hydrogen) atoms. The molecule has 0 unspecified atom stereocenters. The van der Waals surface area contributed by atoms with Crippen molar-refractivity contribution >= 4 is 5.97 Å². The van der Waals surface area contributed by atoms with Crippen molar-refractivity contribution in [2.24, 2.45) is 0 Å². The van der Waals surface area contributed by atoms with Crippen molar-refractivity contribution < 1.29 is 9.53 Å². The van der Waals surface area contributed by atoms with Gasteiger partial charge in [-0.1, -0.05) is 43.7 Å². The van der Waals surface area contributed by atoms with Crippen LogP contribution in [0.2, 0.25) is 0 Å². The predicted octanol–water partition coefficient (Wildman–Crippen LogP) is 3.56. The normalized spacial score (nSPS) is 21.4. The number of piperidine rings is 1. The van der Waals surface area contributed by atoms with E-state index in [9.17, 15) is 4.79 Å². The maximum absolute atomic E-state index is 11.2. The van der Waals surface area contributed by atoms with E-state index in [1.807, 2.05) is 6.07 Å². The van der Waals surface area contributed by atoms with Crippen LogP contribution in [0.15, 0.2) is 30.3 Å². The van der Waals surface area contributed by atoms with Gasteiger partial charge in [0.05, 0.1) is 6.04 Å². The summed E-state index contributed by atoms with van der Waals surface area (Å²) in [5.74, 6) is -0.198. The van der Waals surface area contributed by atoms with Gasteiger partial charge in [0.2, 0.25) is 0 Å². The smallest absolute Gasteiger partial charge is 0.302 e. The first kappa shape index (κ1) is 15.0. The van der Waals surface area contributed by atoms with E-state index in [0.717, 1.165) is 13.0 Å². The van der Waals surface area contributed by atoms with Crippen LogP contribution in [0.3, 0.4) is 0 Å². The summed E-state index contributed by atoms with van der Waals surface area (Å²) in [5.41, 5.74) is 1.24. The Hall–Kier alpha value is -1.35. The Balaban J connectivity index is 2.18. The van der Waals surface area contributed by atoms with Crippen LogP contribution in [0.25, 0.3) is 0 Å². The summed E-state index contributed by atoms with van der Waals surface area (Å²) in [5, 5.41) is 0. The number of carbonyl (C=O) groups excluding carboxylic acids is 1. The Labute approximate surface area is 121 Å². The van der Waals surface area contributed by atoms with Crippen LogP contribution in [-0.4, -0.2) is 30.1 Å². The monoisotopic (exact) mass is 275 g/mol. The number of hydrogen-bond acceptors (Lipinski definition) is 3. The summed E-state index contributed by atoms with van der Waals surface area (Å²) < 4.78 is 5.32. The molecule has 0 bridgehead atoms. The first-order valence-electron chi connectivity index (χ1n) is 7.66. The summed E-state index contributed by atoms with van der Waals surface area (Å²) in [7, 11) is 0. The number of carbonyl (C=O) groups is 1. The number of ether oxygens (including phenoxy) is 1. The van der Waals surface area contributed by atoms with Gasteiger partial charge < -0.3 is 4.74 Å². The van der Waals surface area contributed by atoms with Crippen LogP contribution < -0.4 is 0 Å². The molecule has 1 aromatic carbocycles. The van der Waals surface area contributed by atoms with Crippen molar-refractivity contribution in [1.29, 1.82) is 0 Å². The second-order valence-electron chi connectivity index (χ2n) is 5.52. The fourth-order valence-electron chi connectivity index (χ4n) is 3.13. The zero-order valence-electron chi connectivity index (χ0n) is 12.5. The van der Waals surface area contributed by atoms with Crippen LogP contribution in [-0.2, 0) is 9.53 Å². The zero-order valence-corrected chi connectivity index (χ0v) is 12.5. The minimum atomic E-state index is -0.198. The van der Waals surface area contributed by atoms with Crippen molar-refractivity contribution in [3.8, 4) is 0 Å². The van der Waals surface area contributed by atoms with Gasteiger partial charge in [-0.05, 0) is 31.4 Å². The van der Waals surface area contributed by atoms with E-state index in [1.54, 1.807) is 0 Å². The van der Waals surface area contributed by atoms with Gasteiger partial charge in [-0.3, -0.25) is 9.69 Å². The third-order valence-electron chi connectivity index (χ3n) is 4.17. The topological polar surface area (TPSA) is 29.5 Å². The van der Waals surface area contributed by atoms with Crippen molar-refractivity contribution in [2.45, 2.75) is 51.6 Å². The molecule has 3 nitrogen and oxygen atoms in total. The number of benzene rings is 1. The van der Waals surface area contributed by atoms with Gasteiger partial charge in [0.1, 0.15) is 6.61 Å². The first-order chi connectivity index (χ1) is 9.72. The van der Waals surface area contributed by atoms with Crippen molar-refractivity contribution in [2.75, 3.05) is 13.2 Å². The third kappa shape index (κ3) is 3.83. The molecule has 1 heterocycles. The Morgan fingerprint density at radius 2 is 2.10 bits per heavy atom. The Kier molecular flexibility index (Phi) is 5.60. The SMILES string of the molecule is CC[C@H]1CCCCN1[C@H](COC(C)=O)c1ccccc1. The molecular formula is C17H25NO2. The average Bonchev–Trinajstić information content (AvgIpc) is 2.49. The predicted molar refractivity (Wildman–Crippen MR) is 80.5 cm³/mol. The molecule has 0 amide bonds. The van der Waals surface area contributed by atoms with Crippen molar-refractivity contribution in [3.05, 3.63) is 35.9 Å². The summed E-state index contributed by atoms with van der Waals surface area (Å²) in [4.78, 5) is 13.7. The number of rotatable bonds is 5. The molecule has 110 valence electrons. The number of esters is 1.